The molecular weight excluding hydrogens is 225 g/mol. The quantitative estimate of drug-likeness (QED) is 0.770. The van der Waals surface area contributed by atoms with Crippen LogP contribution in [0.3, 0.4) is 0 Å². The summed E-state index contributed by atoms with van der Waals surface area (Å²) in [6.07, 6.45) is -1.87. The second kappa shape index (κ2) is 5.21. The summed E-state index contributed by atoms with van der Waals surface area (Å²) in [5.74, 6) is -0.381. The van der Waals surface area contributed by atoms with Crippen LogP contribution >= 0.6 is 0 Å². The van der Waals surface area contributed by atoms with Crippen molar-refractivity contribution in [3.63, 3.8) is 0 Å². The molecule has 0 aromatic carbocycles. The highest BCUT2D eigenvalue weighted by Gasteiger charge is 2.35. The molecule has 1 aliphatic rings. The number of aliphatic hydroxyl groups is 1. The van der Waals surface area contributed by atoms with Gasteiger partial charge < -0.3 is 14.7 Å². The van der Waals surface area contributed by atoms with Gasteiger partial charge in [0.25, 0.3) is 0 Å². The Morgan fingerprint density at radius 2 is 2.12 bits per heavy atom. The third-order valence-electron chi connectivity index (χ3n) is 2.86. The summed E-state index contributed by atoms with van der Waals surface area (Å²) in [6, 6.07) is 0. The van der Waals surface area contributed by atoms with Crippen LogP contribution in [0.5, 0.6) is 0 Å². The lowest BCUT2D eigenvalue weighted by Gasteiger charge is -2.36. The average molecular weight is 247 g/mol. The first kappa shape index (κ1) is 14.2. The monoisotopic (exact) mass is 247 g/mol. The van der Waals surface area contributed by atoms with E-state index < -0.39 is 24.0 Å². The van der Waals surface area contributed by atoms with Crippen molar-refractivity contribution < 1.29 is 19.0 Å². The number of carbonyl (C=O) groups is 1. The molecule has 100 valence electrons. The van der Waals surface area contributed by atoms with Crippen molar-refractivity contribution in [1.82, 2.24) is 4.90 Å². The molecule has 1 rings (SSSR count). The number of piperidine rings is 1. The van der Waals surface area contributed by atoms with Crippen molar-refractivity contribution in [2.45, 2.75) is 52.0 Å². The molecule has 1 heterocycles. The molecule has 0 radical (unpaired) electrons. The van der Waals surface area contributed by atoms with Gasteiger partial charge >= 0.3 is 6.09 Å². The normalized spacial score (nSPS) is 27.8. The number of nitrogens with zero attached hydrogens (tertiary/aromatic N) is 1. The Bertz CT molecular complexity index is 275. The number of ether oxygens (including phenoxy) is 1. The second-order valence-corrected chi connectivity index (χ2v) is 5.64. The van der Waals surface area contributed by atoms with Gasteiger partial charge in [0.1, 0.15) is 11.8 Å². The fourth-order valence-electron chi connectivity index (χ4n) is 1.96. The van der Waals surface area contributed by atoms with Crippen LogP contribution < -0.4 is 0 Å². The number of alkyl halides is 1. The smallest absolute Gasteiger partial charge is 0.410 e. The van der Waals surface area contributed by atoms with Crippen LogP contribution in [-0.2, 0) is 4.74 Å². The highest BCUT2D eigenvalue weighted by Crippen LogP contribution is 2.24. The summed E-state index contributed by atoms with van der Waals surface area (Å²) in [7, 11) is 0. The first-order valence-electron chi connectivity index (χ1n) is 6.01. The fraction of sp³-hybridized carbons (Fsp3) is 0.917. The molecule has 3 atom stereocenters. The Hall–Kier alpha value is -0.840. The van der Waals surface area contributed by atoms with Crippen LogP contribution in [0.15, 0.2) is 0 Å². The van der Waals surface area contributed by atoms with E-state index in [2.05, 4.69) is 0 Å². The van der Waals surface area contributed by atoms with E-state index in [9.17, 15) is 14.3 Å². The first-order chi connectivity index (χ1) is 7.70. The van der Waals surface area contributed by atoms with Gasteiger partial charge in [0, 0.05) is 12.5 Å². The minimum absolute atomic E-state index is 0.00444. The van der Waals surface area contributed by atoms with Crippen molar-refractivity contribution in [3.05, 3.63) is 0 Å². The molecule has 0 spiro atoms. The Morgan fingerprint density at radius 1 is 1.53 bits per heavy atom. The van der Waals surface area contributed by atoms with E-state index in [1.165, 1.54) is 4.90 Å². The highest BCUT2D eigenvalue weighted by atomic mass is 19.1. The van der Waals surface area contributed by atoms with Gasteiger partial charge in [-0.25, -0.2) is 9.18 Å². The number of hydrogen-bond acceptors (Lipinski definition) is 3. The van der Waals surface area contributed by atoms with E-state index in [0.29, 0.717) is 13.0 Å². The lowest BCUT2D eigenvalue weighted by atomic mass is 9.91. The number of aliphatic hydroxyl groups excluding tert-OH is 1. The summed E-state index contributed by atoms with van der Waals surface area (Å²) in [5.41, 5.74) is -0.565. The predicted octanol–water partition coefficient (Wildman–Crippen LogP) is 1.96. The zero-order chi connectivity index (χ0) is 13.2. The first-order valence-corrected chi connectivity index (χ1v) is 6.01. The van der Waals surface area contributed by atoms with Gasteiger partial charge in [0.2, 0.25) is 0 Å². The Balaban J connectivity index is 2.52. The molecule has 17 heavy (non-hydrogen) atoms. The molecule has 1 aliphatic heterocycles. The maximum absolute atomic E-state index is 13.7. The van der Waals surface area contributed by atoms with E-state index in [-0.39, 0.29) is 12.5 Å². The third kappa shape index (κ3) is 4.15. The molecule has 5 heteroatoms. The van der Waals surface area contributed by atoms with Crippen LogP contribution in [0.1, 0.15) is 34.1 Å². The van der Waals surface area contributed by atoms with Crippen molar-refractivity contribution in [3.8, 4) is 0 Å². The van der Waals surface area contributed by atoms with Gasteiger partial charge in [0.15, 0.2) is 0 Å². The fourth-order valence-corrected chi connectivity index (χ4v) is 1.96. The number of carbonyl (C=O) groups excluding carboxylic acids is 1. The summed E-state index contributed by atoms with van der Waals surface area (Å²) in [5, 5.41) is 9.38. The van der Waals surface area contributed by atoms with Gasteiger partial charge in [0.05, 0.1) is 12.6 Å². The summed E-state index contributed by atoms with van der Waals surface area (Å²) in [4.78, 5) is 13.1. The molecule has 0 saturated carbocycles. The standard InChI is InChI=1S/C12H22FNO3/c1-8(15)9-5-6-14(7-10(9)13)11(16)17-12(2,3)4/h8-10,15H,5-7H2,1-4H3/t8-,9+,10+/m1/s1. The number of hydrogen-bond donors (Lipinski definition) is 1. The molecule has 0 aromatic rings. The molecular formula is C12H22FNO3. The average Bonchev–Trinajstić information content (AvgIpc) is 2.14. The van der Waals surface area contributed by atoms with Gasteiger partial charge in [-0.15, -0.1) is 0 Å². The highest BCUT2D eigenvalue weighted by molar-refractivity contribution is 5.68. The molecule has 0 unspecified atom stereocenters. The van der Waals surface area contributed by atoms with Crippen molar-refractivity contribution in [2.75, 3.05) is 13.1 Å². The van der Waals surface area contributed by atoms with Crippen LogP contribution in [0.25, 0.3) is 0 Å². The van der Waals surface area contributed by atoms with Gasteiger partial charge in [-0.1, -0.05) is 0 Å². The van der Waals surface area contributed by atoms with E-state index in [1.54, 1.807) is 27.7 Å². The third-order valence-corrected chi connectivity index (χ3v) is 2.86. The maximum atomic E-state index is 13.7. The zero-order valence-corrected chi connectivity index (χ0v) is 10.9. The predicted molar refractivity (Wildman–Crippen MR) is 62.5 cm³/mol. The topological polar surface area (TPSA) is 49.8 Å². The van der Waals surface area contributed by atoms with E-state index >= 15 is 0 Å². The molecule has 1 N–H and O–H groups in total. The molecule has 1 fully saturated rings. The summed E-state index contributed by atoms with van der Waals surface area (Å²) >= 11 is 0. The van der Waals surface area contributed by atoms with Crippen molar-refractivity contribution in [1.29, 1.82) is 0 Å². The van der Waals surface area contributed by atoms with Gasteiger partial charge in [-0.3, -0.25) is 0 Å². The summed E-state index contributed by atoms with van der Waals surface area (Å²) in [6.45, 7) is 7.36. The van der Waals surface area contributed by atoms with E-state index in [0.717, 1.165) is 0 Å². The second-order valence-electron chi connectivity index (χ2n) is 5.64. The number of rotatable bonds is 1. The minimum atomic E-state index is -1.18. The zero-order valence-electron chi connectivity index (χ0n) is 10.9. The molecule has 1 amide bonds. The molecule has 0 aromatic heterocycles. The Labute approximate surface area is 102 Å². The summed E-state index contributed by atoms with van der Waals surface area (Å²) < 4.78 is 18.9. The Morgan fingerprint density at radius 3 is 2.53 bits per heavy atom. The number of likely N-dealkylation sites (tertiary alicyclic amines) is 1. The number of amides is 1. The molecule has 0 bridgehead atoms. The largest absolute Gasteiger partial charge is 0.444 e. The van der Waals surface area contributed by atoms with E-state index in [1.807, 2.05) is 0 Å². The number of halogens is 1. The lowest BCUT2D eigenvalue weighted by Crippen LogP contribution is -2.49. The maximum Gasteiger partial charge on any atom is 0.410 e. The van der Waals surface area contributed by atoms with Crippen molar-refractivity contribution in [2.24, 2.45) is 5.92 Å². The minimum Gasteiger partial charge on any atom is -0.444 e. The molecule has 1 saturated heterocycles. The Kier molecular flexibility index (Phi) is 4.36. The van der Waals surface area contributed by atoms with Crippen LogP contribution in [-0.4, -0.2) is 47.1 Å². The van der Waals surface area contributed by atoms with Gasteiger partial charge in [-0.05, 0) is 34.1 Å². The SMILES string of the molecule is C[C@@H](O)[C@@H]1CCN(C(=O)OC(C)(C)C)C[C@@H]1F. The van der Waals surface area contributed by atoms with Crippen molar-refractivity contribution >= 4 is 6.09 Å². The van der Waals surface area contributed by atoms with Gasteiger partial charge in [-0.2, -0.15) is 0 Å². The molecule has 0 aliphatic carbocycles. The molecule has 4 nitrogen and oxygen atoms in total. The van der Waals surface area contributed by atoms with Crippen LogP contribution in [0.2, 0.25) is 0 Å². The lowest BCUT2D eigenvalue weighted by molar-refractivity contribution is -0.0154. The van der Waals surface area contributed by atoms with Crippen LogP contribution in [0.4, 0.5) is 9.18 Å². The van der Waals surface area contributed by atoms with E-state index in [4.69, 9.17) is 4.74 Å². The van der Waals surface area contributed by atoms with Crippen LogP contribution in [0, 0.1) is 5.92 Å².